The van der Waals surface area contributed by atoms with Crippen LogP contribution in [0.5, 0.6) is 5.75 Å². The van der Waals surface area contributed by atoms with Gasteiger partial charge in [0.1, 0.15) is 12.0 Å². The van der Waals surface area contributed by atoms with Gasteiger partial charge in [-0.25, -0.2) is 0 Å². The molecule has 0 saturated carbocycles. The number of carboxylic acids is 1. The number of aliphatic hydroxyl groups is 1. The van der Waals surface area contributed by atoms with Crippen LogP contribution in [0.25, 0.3) is 0 Å². The van der Waals surface area contributed by atoms with Crippen molar-refractivity contribution in [1.29, 1.82) is 0 Å². The molecule has 0 heterocycles. The van der Waals surface area contributed by atoms with Gasteiger partial charge in [-0.15, -0.1) is 0 Å². The number of hydrogen-bond acceptors (Lipinski definition) is 4. The van der Waals surface area contributed by atoms with Crippen molar-refractivity contribution in [2.45, 2.75) is 111 Å². The van der Waals surface area contributed by atoms with Crippen molar-refractivity contribution >= 4 is 5.97 Å². The second kappa shape index (κ2) is 12.7. The molecule has 0 aliphatic carbocycles. The Morgan fingerprint density at radius 2 is 1.56 bits per heavy atom. The summed E-state index contributed by atoms with van der Waals surface area (Å²) in [7, 11) is 0. The molecule has 200 valence electrons. The molecule has 2 unspecified atom stereocenters. The Kier molecular flexibility index (Phi) is 10.6. The van der Waals surface area contributed by atoms with Crippen LogP contribution in [0.15, 0.2) is 36.4 Å². The number of aliphatic carboxylic acids is 1. The van der Waals surface area contributed by atoms with Crippen molar-refractivity contribution in [2.24, 2.45) is 11.1 Å². The first kappa shape index (κ1) is 29.9. The maximum Gasteiger partial charge on any atom is 0.303 e. The van der Waals surface area contributed by atoms with Crippen molar-refractivity contribution in [3.8, 4) is 5.75 Å². The van der Waals surface area contributed by atoms with Gasteiger partial charge in [-0.3, -0.25) is 10.5 Å². The van der Waals surface area contributed by atoms with Crippen LogP contribution in [0.3, 0.4) is 0 Å². The van der Waals surface area contributed by atoms with E-state index in [0.717, 1.165) is 37.0 Å². The van der Waals surface area contributed by atoms with Gasteiger partial charge in [-0.1, -0.05) is 65.0 Å². The van der Waals surface area contributed by atoms with E-state index in [9.17, 15) is 9.90 Å². The second-order valence-electron chi connectivity index (χ2n) is 11.3. The molecule has 0 amide bonds. The lowest BCUT2D eigenvalue weighted by molar-refractivity contribution is -0.137. The molecule has 0 bridgehead atoms. The molecule has 2 aromatic rings. The minimum absolute atomic E-state index is 0.0971. The SMILES string of the molecule is CCC(CC)(c1ccc(CCC(O)C(C)(C)C)c(C)c1)c1ccc(OC(N)CCCC(=O)O)c(C)c1. The zero-order valence-electron chi connectivity index (χ0n) is 23.4. The van der Waals surface area contributed by atoms with Gasteiger partial charge in [-0.05, 0) is 91.7 Å². The van der Waals surface area contributed by atoms with Gasteiger partial charge < -0.3 is 14.9 Å². The summed E-state index contributed by atoms with van der Waals surface area (Å²) in [6.07, 6.45) is 3.81. The van der Waals surface area contributed by atoms with Crippen LogP contribution in [-0.4, -0.2) is 28.5 Å². The van der Waals surface area contributed by atoms with Gasteiger partial charge >= 0.3 is 5.97 Å². The quantitative estimate of drug-likeness (QED) is 0.269. The Balaban J connectivity index is 2.25. The van der Waals surface area contributed by atoms with Crippen LogP contribution >= 0.6 is 0 Å². The molecule has 0 fully saturated rings. The number of nitrogens with two attached hydrogens (primary N) is 1. The Hall–Kier alpha value is -2.37. The molecule has 0 aromatic heterocycles. The van der Waals surface area contributed by atoms with Crippen LogP contribution in [0.1, 0.15) is 101 Å². The van der Waals surface area contributed by atoms with E-state index < -0.39 is 12.2 Å². The first-order valence-corrected chi connectivity index (χ1v) is 13.4. The van der Waals surface area contributed by atoms with Gasteiger partial charge in [0, 0.05) is 11.8 Å². The summed E-state index contributed by atoms with van der Waals surface area (Å²) < 4.78 is 5.94. The lowest BCUT2D eigenvalue weighted by atomic mass is 9.69. The van der Waals surface area contributed by atoms with Gasteiger partial charge in [-0.2, -0.15) is 0 Å². The van der Waals surface area contributed by atoms with Gasteiger partial charge in [0.15, 0.2) is 0 Å². The van der Waals surface area contributed by atoms with Crippen molar-refractivity contribution in [3.05, 3.63) is 64.2 Å². The van der Waals surface area contributed by atoms with Crippen LogP contribution in [0.4, 0.5) is 0 Å². The van der Waals surface area contributed by atoms with Crippen molar-refractivity contribution < 1.29 is 19.7 Å². The summed E-state index contributed by atoms with van der Waals surface area (Å²) in [6, 6.07) is 13.2. The minimum Gasteiger partial charge on any atom is -0.481 e. The average molecular weight is 498 g/mol. The van der Waals surface area contributed by atoms with E-state index in [1.807, 2.05) is 13.0 Å². The largest absolute Gasteiger partial charge is 0.481 e. The van der Waals surface area contributed by atoms with E-state index >= 15 is 0 Å². The summed E-state index contributed by atoms with van der Waals surface area (Å²) in [5, 5.41) is 19.3. The Labute approximate surface area is 218 Å². The number of rotatable bonds is 13. The van der Waals surface area contributed by atoms with Gasteiger partial charge in [0.05, 0.1) is 6.10 Å². The monoisotopic (exact) mass is 497 g/mol. The average Bonchev–Trinajstić information content (AvgIpc) is 2.80. The minimum atomic E-state index is -0.816. The number of aryl methyl sites for hydroxylation is 3. The number of benzene rings is 2. The highest BCUT2D eigenvalue weighted by Crippen LogP contribution is 2.41. The molecule has 2 rings (SSSR count). The third-order valence-electron chi connectivity index (χ3n) is 7.67. The molecule has 2 aromatic carbocycles. The third-order valence-corrected chi connectivity index (χ3v) is 7.67. The maximum atomic E-state index is 10.7. The van der Waals surface area contributed by atoms with Crippen LogP contribution < -0.4 is 10.5 Å². The summed E-state index contributed by atoms with van der Waals surface area (Å²) >= 11 is 0. The highest BCUT2D eigenvalue weighted by molar-refractivity contribution is 5.66. The van der Waals surface area contributed by atoms with E-state index in [1.54, 1.807) is 0 Å². The lowest BCUT2D eigenvalue weighted by Crippen LogP contribution is -2.28. The summed E-state index contributed by atoms with van der Waals surface area (Å²) in [4.78, 5) is 10.7. The summed E-state index contributed by atoms with van der Waals surface area (Å²) in [5.41, 5.74) is 12.0. The molecule has 0 spiro atoms. The standard InChI is InChI=1S/C31H47NO4/c1-8-31(9-2,24-15-13-23(21(3)19-24)14-18-27(33)30(5,6)7)25-16-17-26(22(4)20-25)36-28(32)11-10-12-29(34)35/h13,15-17,19-20,27-28,33H,8-12,14,18,32H2,1-7H3,(H,34,35). The zero-order valence-corrected chi connectivity index (χ0v) is 23.4. The van der Waals surface area contributed by atoms with E-state index in [-0.39, 0.29) is 23.4 Å². The normalized spacial score (nSPS) is 13.9. The van der Waals surface area contributed by atoms with Crippen molar-refractivity contribution in [3.63, 3.8) is 0 Å². The highest BCUT2D eigenvalue weighted by atomic mass is 16.5. The fourth-order valence-corrected chi connectivity index (χ4v) is 4.99. The number of hydrogen-bond donors (Lipinski definition) is 3. The Morgan fingerprint density at radius 3 is 2.06 bits per heavy atom. The summed E-state index contributed by atoms with van der Waals surface area (Å²) in [5.74, 6) is -0.0735. The van der Waals surface area contributed by atoms with E-state index in [4.69, 9.17) is 15.6 Å². The molecule has 0 aliphatic rings. The smallest absolute Gasteiger partial charge is 0.303 e. The zero-order chi connectivity index (χ0) is 27.1. The lowest BCUT2D eigenvalue weighted by Gasteiger charge is -2.34. The van der Waals surface area contributed by atoms with Crippen molar-refractivity contribution in [2.75, 3.05) is 0 Å². The second-order valence-corrected chi connectivity index (χ2v) is 11.3. The molecule has 5 heteroatoms. The first-order valence-electron chi connectivity index (χ1n) is 13.4. The van der Waals surface area contributed by atoms with Crippen LogP contribution in [-0.2, 0) is 16.6 Å². The van der Waals surface area contributed by atoms with Gasteiger partial charge in [0.25, 0.3) is 0 Å². The van der Waals surface area contributed by atoms with Gasteiger partial charge in [0.2, 0.25) is 0 Å². The maximum absolute atomic E-state index is 10.7. The van der Waals surface area contributed by atoms with E-state index in [1.165, 1.54) is 22.3 Å². The first-order chi connectivity index (χ1) is 16.8. The number of carbonyl (C=O) groups is 1. The summed E-state index contributed by atoms with van der Waals surface area (Å²) in [6.45, 7) is 14.9. The van der Waals surface area contributed by atoms with Crippen LogP contribution in [0.2, 0.25) is 0 Å². The molecule has 0 radical (unpaired) electrons. The van der Waals surface area contributed by atoms with E-state index in [0.29, 0.717) is 12.8 Å². The molecule has 4 N–H and O–H groups in total. The predicted octanol–water partition coefficient (Wildman–Crippen LogP) is 6.67. The molecule has 2 atom stereocenters. The number of ether oxygens (including phenoxy) is 1. The fraction of sp³-hybridized carbons (Fsp3) is 0.581. The molecule has 0 aliphatic heterocycles. The third kappa shape index (κ3) is 7.57. The van der Waals surface area contributed by atoms with Crippen molar-refractivity contribution in [1.82, 2.24) is 0 Å². The molecular formula is C31H47NO4. The highest BCUT2D eigenvalue weighted by Gasteiger charge is 2.31. The van der Waals surface area contributed by atoms with E-state index in [2.05, 4.69) is 71.9 Å². The number of aliphatic hydroxyl groups excluding tert-OH is 1. The molecule has 5 nitrogen and oxygen atoms in total. The molecule has 0 saturated heterocycles. The predicted molar refractivity (Wildman–Crippen MR) is 148 cm³/mol. The molecule has 36 heavy (non-hydrogen) atoms. The fourth-order valence-electron chi connectivity index (χ4n) is 4.99. The Morgan fingerprint density at radius 1 is 0.972 bits per heavy atom. The van der Waals surface area contributed by atoms with Crippen LogP contribution in [0, 0.1) is 19.3 Å². The molecular weight excluding hydrogens is 450 g/mol. The topological polar surface area (TPSA) is 92.8 Å². The Bertz CT molecular complexity index is 1000. The number of carboxylic acid groups (broad SMARTS) is 1.